The normalized spacial score (nSPS) is 20.3. The molecule has 9 nitrogen and oxygen atoms in total. The third-order valence-electron chi connectivity index (χ3n) is 8.18. The Hall–Kier alpha value is -3.66. The Morgan fingerprint density at radius 3 is 2.14 bits per heavy atom. The number of carbonyl (C=O) groups is 5. The first-order valence-electron chi connectivity index (χ1n) is 14.6. The number of hydrogen-bond donors (Lipinski definition) is 3. The standard InChI is InChI=1S/C32H40N4O5S/c1-20(2)27(29(38)33-3)35-18-16-22(21-11-5-4-6-12-21)19-25(32(35)41)34-28(37)26(42)15-9-10-17-36-30(39)23-13-7-8-14-24(23)31(36)40/h4-8,11-14,20,22,25-27,42H,9-10,15-19H2,1-3H3,(H,33,38)(H,34,37)/t22-,25+,26?,27+/m1/s1. The van der Waals surface area contributed by atoms with Crippen LogP contribution in [0.1, 0.15) is 78.1 Å². The first-order valence-corrected chi connectivity index (χ1v) is 15.2. The molecule has 2 N–H and O–H groups in total. The monoisotopic (exact) mass is 592 g/mol. The van der Waals surface area contributed by atoms with Gasteiger partial charge in [-0.05, 0) is 55.2 Å². The van der Waals surface area contributed by atoms with E-state index < -0.39 is 17.3 Å². The van der Waals surface area contributed by atoms with Gasteiger partial charge in [-0.2, -0.15) is 12.6 Å². The number of likely N-dealkylation sites (N-methyl/N-ethyl adjacent to an activating group) is 1. The van der Waals surface area contributed by atoms with E-state index in [2.05, 4.69) is 23.3 Å². The number of likely N-dealkylation sites (tertiary alicyclic amines) is 1. The van der Waals surface area contributed by atoms with Gasteiger partial charge < -0.3 is 15.5 Å². The molecule has 0 aromatic heterocycles. The molecule has 1 unspecified atom stereocenters. The Morgan fingerprint density at radius 2 is 1.55 bits per heavy atom. The number of amides is 5. The van der Waals surface area contributed by atoms with Gasteiger partial charge in [0.15, 0.2) is 0 Å². The van der Waals surface area contributed by atoms with Crippen LogP contribution in [0.25, 0.3) is 0 Å². The summed E-state index contributed by atoms with van der Waals surface area (Å²) < 4.78 is 0. The minimum atomic E-state index is -0.802. The summed E-state index contributed by atoms with van der Waals surface area (Å²) in [4.78, 5) is 68.0. The van der Waals surface area contributed by atoms with E-state index in [4.69, 9.17) is 0 Å². The van der Waals surface area contributed by atoms with E-state index in [1.807, 2.05) is 44.2 Å². The van der Waals surface area contributed by atoms with E-state index in [-0.39, 0.29) is 47.9 Å². The number of thiol groups is 1. The summed E-state index contributed by atoms with van der Waals surface area (Å²) in [5, 5.41) is 4.95. The van der Waals surface area contributed by atoms with Crippen molar-refractivity contribution in [1.29, 1.82) is 0 Å². The predicted molar refractivity (Wildman–Crippen MR) is 163 cm³/mol. The quantitative estimate of drug-likeness (QED) is 0.210. The van der Waals surface area contributed by atoms with Crippen LogP contribution in [0.5, 0.6) is 0 Å². The number of carbonyl (C=O) groups excluding carboxylic acids is 5. The Kier molecular flexibility index (Phi) is 10.4. The summed E-state index contributed by atoms with van der Waals surface area (Å²) in [6.45, 7) is 4.49. The van der Waals surface area contributed by atoms with Crippen LogP contribution in [-0.4, -0.2) is 76.8 Å². The fourth-order valence-electron chi connectivity index (χ4n) is 5.93. The zero-order valence-corrected chi connectivity index (χ0v) is 25.3. The van der Waals surface area contributed by atoms with Crippen LogP contribution in [0, 0.1) is 5.92 Å². The van der Waals surface area contributed by atoms with Crippen molar-refractivity contribution in [2.45, 2.75) is 69.2 Å². The molecule has 0 spiro atoms. The van der Waals surface area contributed by atoms with Crippen molar-refractivity contribution in [3.05, 3.63) is 71.3 Å². The number of nitrogens with zero attached hydrogens (tertiary/aromatic N) is 2. The highest BCUT2D eigenvalue weighted by molar-refractivity contribution is 7.81. The number of imide groups is 1. The van der Waals surface area contributed by atoms with Crippen molar-refractivity contribution in [3.8, 4) is 0 Å². The Morgan fingerprint density at radius 1 is 0.929 bits per heavy atom. The largest absolute Gasteiger partial charge is 0.357 e. The molecule has 1 fully saturated rings. The average molecular weight is 593 g/mol. The lowest BCUT2D eigenvalue weighted by molar-refractivity contribution is -0.144. The molecule has 1 saturated heterocycles. The first-order chi connectivity index (χ1) is 20.1. The molecule has 0 bridgehead atoms. The molecule has 224 valence electrons. The van der Waals surface area contributed by atoms with Gasteiger partial charge in [-0.3, -0.25) is 28.9 Å². The fourth-order valence-corrected chi connectivity index (χ4v) is 6.19. The summed E-state index contributed by atoms with van der Waals surface area (Å²) in [5.74, 6) is -1.53. The second-order valence-electron chi connectivity index (χ2n) is 11.3. The zero-order valence-electron chi connectivity index (χ0n) is 24.4. The van der Waals surface area contributed by atoms with Gasteiger partial charge in [0.05, 0.1) is 16.4 Å². The van der Waals surface area contributed by atoms with Gasteiger partial charge in [0.1, 0.15) is 12.1 Å². The molecule has 2 aromatic carbocycles. The minimum absolute atomic E-state index is 0.0287. The van der Waals surface area contributed by atoms with Crippen LogP contribution in [0.3, 0.4) is 0 Å². The minimum Gasteiger partial charge on any atom is -0.357 e. The number of fused-ring (bicyclic) bond motifs is 1. The highest BCUT2D eigenvalue weighted by atomic mass is 32.1. The molecule has 0 saturated carbocycles. The van der Waals surface area contributed by atoms with Crippen LogP contribution in [0.4, 0.5) is 0 Å². The maximum atomic E-state index is 13.8. The van der Waals surface area contributed by atoms with Crippen molar-refractivity contribution in [1.82, 2.24) is 20.4 Å². The molecule has 42 heavy (non-hydrogen) atoms. The highest BCUT2D eigenvalue weighted by Crippen LogP contribution is 2.31. The number of benzene rings is 2. The molecule has 2 aliphatic heterocycles. The summed E-state index contributed by atoms with van der Waals surface area (Å²) in [6, 6.07) is 15.2. The molecule has 2 heterocycles. The van der Waals surface area contributed by atoms with Gasteiger partial charge in [0.2, 0.25) is 17.7 Å². The van der Waals surface area contributed by atoms with Crippen LogP contribution < -0.4 is 10.6 Å². The number of nitrogens with one attached hydrogen (secondary N) is 2. The highest BCUT2D eigenvalue weighted by Gasteiger charge is 2.40. The van der Waals surface area contributed by atoms with Crippen molar-refractivity contribution in [2.75, 3.05) is 20.1 Å². The van der Waals surface area contributed by atoms with E-state index >= 15 is 0 Å². The molecule has 0 radical (unpaired) electrons. The Balaban J connectivity index is 1.39. The van der Waals surface area contributed by atoms with E-state index in [0.29, 0.717) is 49.8 Å². The number of unbranched alkanes of at least 4 members (excludes halogenated alkanes) is 1. The molecular formula is C32H40N4O5S. The van der Waals surface area contributed by atoms with E-state index in [0.717, 1.165) is 5.56 Å². The van der Waals surface area contributed by atoms with Gasteiger partial charge in [0, 0.05) is 20.1 Å². The van der Waals surface area contributed by atoms with E-state index in [9.17, 15) is 24.0 Å². The summed E-state index contributed by atoms with van der Waals surface area (Å²) >= 11 is 4.53. The van der Waals surface area contributed by atoms with Gasteiger partial charge in [-0.15, -0.1) is 0 Å². The van der Waals surface area contributed by atoms with Crippen molar-refractivity contribution in [2.24, 2.45) is 5.92 Å². The van der Waals surface area contributed by atoms with Crippen LogP contribution in [-0.2, 0) is 14.4 Å². The summed E-state index contributed by atoms with van der Waals surface area (Å²) in [6.07, 6.45) is 2.61. The van der Waals surface area contributed by atoms with E-state index in [1.54, 1.807) is 36.2 Å². The molecule has 2 aromatic rings. The van der Waals surface area contributed by atoms with Gasteiger partial charge in [-0.25, -0.2) is 0 Å². The SMILES string of the molecule is CNC(=O)[C@H](C(C)C)N1CC[C@@H](c2ccccc2)C[C@H](NC(=O)C(S)CCCCN2C(=O)c3ccccc3C2=O)C1=O. The van der Waals surface area contributed by atoms with Crippen molar-refractivity contribution in [3.63, 3.8) is 0 Å². The van der Waals surface area contributed by atoms with Crippen LogP contribution >= 0.6 is 12.6 Å². The average Bonchev–Trinajstić information content (AvgIpc) is 3.12. The number of rotatable bonds is 11. The van der Waals surface area contributed by atoms with Crippen LogP contribution in [0.15, 0.2) is 54.6 Å². The third kappa shape index (κ3) is 6.86. The van der Waals surface area contributed by atoms with Crippen LogP contribution in [0.2, 0.25) is 0 Å². The maximum absolute atomic E-state index is 13.8. The number of hydrogen-bond acceptors (Lipinski definition) is 6. The van der Waals surface area contributed by atoms with Gasteiger partial charge in [-0.1, -0.05) is 62.7 Å². The Labute approximate surface area is 252 Å². The summed E-state index contributed by atoms with van der Waals surface area (Å²) in [5.41, 5.74) is 1.92. The lowest BCUT2D eigenvalue weighted by Gasteiger charge is -2.34. The fraction of sp³-hybridized carbons (Fsp3) is 0.469. The lowest BCUT2D eigenvalue weighted by Crippen LogP contribution is -2.57. The van der Waals surface area contributed by atoms with E-state index in [1.165, 1.54) is 4.90 Å². The molecular weight excluding hydrogens is 552 g/mol. The summed E-state index contributed by atoms with van der Waals surface area (Å²) in [7, 11) is 1.56. The second-order valence-corrected chi connectivity index (χ2v) is 12.0. The molecule has 10 heteroatoms. The molecule has 5 amide bonds. The van der Waals surface area contributed by atoms with Crippen molar-refractivity contribution < 1.29 is 24.0 Å². The molecule has 2 aliphatic rings. The molecule has 0 aliphatic carbocycles. The first kappa shape index (κ1) is 31.3. The molecule has 4 atom stereocenters. The van der Waals surface area contributed by atoms with Gasteiger partial charge >= 0.3 is 0 Å². The topological polar surface area (TPSA) is 116 Å². The smallest absolute Gasteiger partial charge is 0.261 e. The predicted octanol–water partition coefficient (Wildman–Crippen LogP) is 3.41. The Bertz CT molecular complexity index is 1280. The lowest BCUT2D eigenvalue weighted by atomic mass is 9.90. The van der Waals surface area contributed by atoms with Crippen molar-refractivity contribution >= 4 is 42.2 Å². The zero-order chi connectivity index (χ0) is 30.4. The molecule has 4 rings (SSSR count). The second kappa shape index (κ2) is 14.0. The third-order valence-corrected chi connectivity index (χ3v) is 8.67. The van der Waals surface area contributed by atoms with Gasteiger partial charge in [0.25, 0.3) is 11.8 Å². The maximum Gasteiger partial charge on any atom is 0.261 e.